The molecule has 4 aromatic carbocycles. The van der Waals surface area contributed by atoms with E-state index in [-0.39, 0.29) is 0 Å². The van der Waals surface area contributed by atoms with E-state index in [1.54, 1.807) is 14.2 Å². The third kappa shape index (κ3) is 4.66. The van der Waals surface area contributed by atoms with Gasteiger partial charge in [-0.05, 0) is 81.6 Å². The Bertz CT molecular complexity index is 1540. The lowest BCUT2D eigenvalue weighted by atomic mass is 9.97. The topological polar surface area (TPSA) is 34.2 Å². The Hall–Kier alpha value is -3.64. The molecule has 8 rings (SSSR count). The first-order chi connectivity index (χ1) is 21.1. The van der Waals surface area contributed by atoms with Crippen LogP contribution in [0.4, 0.5) is 11.4 Å². The lowest BCUT2D eigenvalue weighted by Gasteiger charge is -2.49. The van der Waals surface area contributed by atoms with E-state index in [4.69, 9.17) is 14.2 Å². The van der Waals surface area contributed by atoms with Gasteiger partial charge in [-0.25, -0.2) is 0 Å². The molecule has 0 aromatic heterocycles. The third-order valence-electron chi connectivity index (χ3n) is 10.5. The normalized spacial score (nSPS) is 19.5. The molecule has 0 spiro atoms. The average molecular weight is 573 g/mol. The van der Waals surface area contributed by atoms with Gasteiger partial charge in [-0.2, -0.15) is 0 Å². The number of nitrogens with zero attached hydrogens (tertiary/aromatic N) is 2. The van der Waals surface area contributed by atoms with Crippen LogP contribution in [0.5, 0.6) is 0 Å². The van der Waals surface area contributed by atoms with Gasteiger partial charge in [-0.15, -0.1) is 0 Å². The zero-order chi connectivity index (χ0) is 29.0. The van der Waals surface area contributed by atoms with Crippen LogP contribution in [0, 0.1) is 0 Å². The molecule has 4 aromatic rings. The molecule has 4 aliphatic rings. The average Bonchev–Trinajstić information content (AvgIpc) is 3.63. The molecule has 5 heteroatoms. The Balaban J connectivity index is 0.921. The first-order valence-electron chi connectivity index (χ1n) is 15.8. The van der Waals surface area contributed by atoms with Gasteiger partial charge in [0, 0.05) is 77.5 Å². The van der Waals surface area contributed by atoms with Crippen LogP contribution in [0.2, 0.25) is 0 Å². The molecule has 2 aliphatic carbocycles. The quantitative estimate of drug-likeness (QED) is 0.194. The fourth-order valence-corrected chi connectivity index (χ4v) is 7.90. The lowest BCUT2D eigenvalue weighted by Crippen LogP contribution is -2.56. The number of rotatable bonds is 6. The molecule has 0 bridgehead atoms. The van der Waals surface area contributed by atoms with Gasteiger partial charge < -0.3 is 24.0 Å². The number of benzene rings is 4. The van der Waals surface area contributed by atoms with Crippen LogP contribution in [0.15, 0.2) is 84.9 Å². The van der Waals surface area contributed by atoms with Gasteiger partial charge in [0.2, 0.25) is 0 Å². The Morgan fingerprint density at radius 2 is 0.884 bits per heavy atom. The first kappa shape index (κ1) is 26.9. The van der Waals surface area contributed by atoms with E-state index in [1.165, 1.54) is 55.9 Å². The predicted octanol–water partition coefficient (Wildman–Crippen LogP) is 7.43. The van der Waals surface area contributed by atoms with E-state index >= 15 is 0 Å². The van der Waals surface area contributed by atoms with Crippen molar-refractivity contribution in [2.75, 3.05) is 50.2 Å². The Kier molecular flexibility index (Phi) is 6.59. The maximum atomic E-state index is 6.91. The summed E-state index contributed by atoms with van der Waals surface area (Å²) in [4.78, 5) is 4.97. The van der Waals surface area contributed by atoms with Crippen LogP contribution < -0.4 is 9.80 Å². The van der Waals surface area contributed by atoms with Gasteiger partial charge in [0.15, 0.2) is 11.6 Å². The highest BCUT2D eigenvalue weighted by Crippen LogP contribution is 2.43. The molecule has 0 saturated carbocycles. The minimum absolute atomic E-state index is 0.638. The van der Waals surface area contributed by atoms with Crippen LogP contribution in [0.3, 0.4) is 0 Å². The largest absolute Gasteiger partial charge is 0.371 e. The van der Waals surface area contributed by atoms with Crippen molar-refractivity contribution in [1.29, 1.82) is 0 Å². The summed E-state index contributed by atoms with van der Waals surface area (Å²) in [6, 6.07) is 31.5. The second-order valence-electron chi connectivity index (χ2n) is 12.7. The lowest BCUT2D eigenvalue weighted by molar-refractivity contribution is -0.358. The van der Waals surface area contributed by atoms with Crippen molar-refractivity contribution in [3.63, 3.8) is 0 Å². The Morgan fingerprint density at radius 3 is 1.30 bits per heavy atom. The molecule has 2 heterocycles. The molecule has 5 nitrogen and oxygen atoms in total. The van der Waals surface area contributed by atoms with E-state index in [9.17, 15) is 0 Å². The molecular formula is C38H40N2O3. The maximum Gasteiger partial charge on any atom is 0.174 e. The summed E-state index contributed by atoms with van der Waals surface area (Å²) in [6.07, 6.45) is 5.26. The van der Waals surface area contributed by atoms with Crippen molar-refractivity contribution < 1.29 is 14.2 Å². The highest BCUT2D eigenvalue weighted by atomic mass is 16.8. The Morgan fingerprint density at radius 1 is 0.488 bits per heavy atom. The van der Waals surface area contributed by atoms with Crippen molar-refractivity contribution in [3.8, 4) is 22.3 Å². The van der Waals surface area contributed by atoms with Crippen molar-refractivity contribution in [2.24, 2.45) is 0 Å². The van der Waals surface area contributed by atoms with Crippen LogP contribution in [-0.2, 0) is 27.1 Å². The molecule has 0 N–H and O–H groups in total. The van der Waals surface area contributed by atoms with E-state index in [0.717, 1.165) is 64.7 Å². The summed E-state index contributed by atoms with van der Waals surface area (Å²) < 4.78 is 19.2. The van der Waals surface area contributed by atoms with E-state index < -0.39 is 11.6 Å². The first-order valence-corrected chi connectivity index (χ1v) is 15.8. The molecule has 2 fully saturated rings. The van der Waals surface area contributed by atoms with Crippen molar-refractivity contribution >= 4 is 11.4 Å². The van der Waals surface area contributed by atoms with Gasteiger partial charge in [0.1, 0.15) is 0 Å². The maximum absolute atomic E-state index is 6.91. The Labute approximate surface area is 255 Å². The number of methoxy groups -OCH3 is 2. The van der Waals surface area contributed by atoms with E-state index in [2.05, 4.69) is 94.7 Å². The van der Waals surface area contributed by atoms with Crippen molar-refractivity contribution in [2.45, 2.75) is 50.1 Å². The molecule has 43 heavy (non-hydrogen) atoms. The molecule has 0 atom stereocenters. The molecule has 0 radical (unpaired) electrons. The standard InChI is InChI=1S/C38H40N2O3/c1-41-37(15-19-39(20-16-37)31-11-13-35-29(25-31)23-27-7-3-5-9-33(27)35)43-38(42-2)17-21-40(22-18-38)32-12-14-36-30(26-32)24-28-8-4-6-10-34(28)36/h3-14,25-26H,15-24H2,1-2H3. The second-order valence-corrected chi connectivity index (χ2v) is 12.7. The van der Waals surface area contributed by atoms with Gasteiger partial charge in [-0.1, -0.05) is 60.7 Å². The SMILES string of the molecule is COC1(OC2(OC)CCN(c3ccc4c(c3)Cc3ccccc3-4)CC2)CCN(c2ccc3c(c2)Cc2ccccc2-3)CC1. The van der Waals surface area contributed by atoms with Gasteiger partial charge in [0.05, 0.1) is 0 Å². The minimum Gasteiger partial charge on any atom is -0.371 e. The number of ether oxygens (including phenoxy) is 3. The van der Waals surface area contributed by atoms with Gasteiger partial charge >= 0.3 is 0 Å². The fraction of sp³-hybridized carbons (Fsp3) is 0.368. The number of fused-ring (bicyclic) bond motifs is 6. The monoisotopic (exact) mass is 572 g/mol. The van der Waals surface area contributed by atoms with Crippen molar-refractivity contribution in [1.82, 2.24) is 0 Å². The minimum atomic E-state index is -0.638. The smallest absolute Gasteiger partial charge is 0.174 e. The molecule has 0 unspecified atom stereocenters. The number of hydrogen-bond donors (Lipinski definition) is 0. The number of piperidine rings is 2. The van der Waals surface area contributed by atoms with Crippen LogP contribution in [-0.4, -0.2) is 52.0 Å². The van der Waals surface area contributed by atoms with E-state index in [0.29, 0.717) is 0 Å². The summed E-state index contributed by atoms with van der Waals surface area (Å²) in [5, 5.41) is 0. The molecule has 0 amide bonds. The second kappa shape index (κ2) is 10.5. The zero-order valence-electron chi connectivity index (χ0n) is 25.3. The molecule has 2 saturated heterocycles. The summed E-state index contributed by atoms with van der Waals surface area (Å²) in [6.45, 7) is 3.57. The fourth-order valence-electron chi connectivity index (χ4n) is 7.90. The zero-order valence-corrected chi connectivity index (χ0v) is 25.3. The predicted molar refractivity (Wildman–Crippen MR) is 173 cm³/mol. The highest BCUT2D eigenvalue weighted by Gasteiger charge is 2.46. The number of anilines is 2. The van der Waals surface area contributed by atoms with Gasteiger partial charge in [-0.3, -0.25) is 0 Å². The summed E-state index contributed by atoms with van der Waals surface area (Å²) in [7, 11) is 3.59. The summed E-state index contributed by atoms with van der Waals surface area (Å²) in [5.74, 6) is -1.28. The van der Waals surface area contributed by atoms with Crippen LogP contribution in [0.1, 0.15) is 47.9 Å². The van der Waals surface area contributed by atoms with Gasteiger partial charge in [0.25, 0.3) is 0 Å². The van der Waals surface area contributed by atoms with Crippen molar-refractivity contribution in [3.05, 3.63) is 107 Å². The van der Waals surface area contributed by atoms with Crippen LogP contribution >= 0.6 is 0 Å². The molecular weight excluding hydrogens is 532 g/mol. The van der Waals surface area contributed by atoms with Crippen LogP contribution in [0.25, 0.3) is 22.3 Å². The van der Waals surface area contributed by atoms with E-state index in [1.807, 2.05) is 0 Å². The summed E-state index contributed by atoms with van der Waals surface area (Å²) >= 11 is 0. The summed E-state index contributed by atoms with van der Waals surface area (Å²) in [5.41, 5.74) is 13.8. The number of hydrogen-bond acceptors (Lipinski definition) is 5. The third-order valence-corrected chi connectivity index (χ3v) is 10.5. The molecule has 2 aliphatic heterocycles. The molecule has 220 valence electrons. The highest BCUT2D eigenvalue weighted by molar-refractivity contribution is 5.79.